The van der Waals surface area contributed by atoms with Crippen LogP contribution < -0.4 is 10.6 Å². The number of rotatable bonds is 2. The summed E-state index contributed by atoms with van der Waals surface area (Å²) < 4.78 is 0. The summed E-state index contributed by atoms with van der Waals surface area (Å²) in [5.74, 6) is 0. The zero-order valence-electron chi connectivity index (χ0n) is 10.3. The van der Waals surface area contributed by atoms with Crippen molar-refractivity contribution < 1.29 is 0 Å². The second-order valence-corrected chi connectivity index (χ2v) is 5.54. The second kappa shape index (κ2) is 5.32. The molecule has 0 amide bonds. The average Bonchev–Trinajstić information content (AvgIpc) is 2.42. The summed E-state index contributed by atoms with van der Waals surface area (Å²) in [6.45, 7) is 0.875. The minimum Gasteiger partial charge on any atom is -0.381 e. The molecule has 2 aromatic carbocycles. The van der Waals surface area contributed by atoms with Gasteiger partial charge in [-0.05, 0) is 24.1 Å². The van der Waals surface area contributed by atoms with Gasteiger partial charge in [0.15, 0.2) is 0 Å². The molecule has 4 heteroatoms. The number of nitrogens with one attached hydrogen (secondary N) is 2. The van der Waals surface area contributed by atoms with E-state index in [9.17, 15) is 0 Å². The summed E-state index contributed by atoms with van der Waals surface area (Å²) in [5, 5.41) is 8.06. The molecular formula is C15H14Cl2N2. The number of hydrogen-bond donors (Lipinski definition) is 2. The molecule has 19 heavy (non-hydrogen) atoms. The molecule has 0 spiro atoms. The molecule has 3 rings (SSSR count). The molecule has 1 aliphatic heterocycles. The molecule has 0 saturated carbocycles. The molecule has 0 radical (unpaired) electrons. The number of fused-ring (bicyclic) bond motifs is 1. The fourth-order valence-corrected chi connectivity index (χ4v) is 2.67. The predicted octanol–water partition coefficient (Wildman–Crippen LogP) is 4.44. The van der Waals surface area contributed by atoms with Gasteiger partial charge in [-0.15, -0.1) is 0 Å². The zero-order chi connectivity index (χ0) is 13.2. The van der Waals surface area contributed by atoms with E-state index in [0.29, 0.717) is 16.1 Å². The fraction of sp³-hybridized carbons (Fsp3) is 0.200. The molecule has 0 fully saturated rings. The highest BCUT2D eigenvalue weighted by atomic mass is 35.5. The minimum absolute atomic E-state index is 0.354. The van der Waals surface area contributed by atoms with Crippen molar-refractivity contribution in [1.29, 1.82) is 0 Å². The summed E-state index contributed by atoms with van der Waals surface area (Å²) >= 11 is 12.1. The van der Waals surface area contributed by atoms with Gasteiger partial charge in [0, 0.05) is 12.6 Å². The first-order valence-electron chi connectivity index (χ1n) is 6.26. The van der Waals surface area contributed by atoms with Crippen molar-refractivity contribution in [3.63, 3.8) is 0 Å². The molecule has 1 unspecified atom stereocenters. The third-order valence-electron chi connectivity index (χ3n) is 3.28. The van der Waals surface area contributed by atoms with Crippen LogP contribution in [0, 0.1) is 0 Å². The van der Waals surface area contributed by atoms with Gasteiger partial charge in [0.2, 0.25) is 0 Å². The Morgan fingerprint density at radius 2 is 1.68 bits per heavy atom. The van der Waals surface area contributed by atoms with Crippen molar-refractivity contribution in [2.45, 2.75) is 12.5 Å². The van der Waals surface area contributed by atoms with Crippen LogP contribution in [-0.4, -0.2) is 12.6 Å². The average molecular weight is 293 g/mol. The van der Waals surface area contributed by atoms with Crippen molar-refractivity contribution in [3.8, 4) is 0 Å². The maximum Gasteiger partial charge on any atom is 0.0614 e. The number of halogens is 2. The van der Waals surface area contributed by atoms with Gasteiger partial charge >= 0.3 is 0 Å². The third kappa shape index (κ3) is 2.80. The van der Waals surface area contributed by atoms with Crippen molar-refractivity contribution in [3.05, 3.63) is 58.1 Å². The van der Waals surface area contributed by atoms with Crippen LogP contribution in [-0.2, 0) is 6.42 Å². The van der Waals surface area contributed by atoms with Gasteiger partial charge in [-0.3, -0.25) is 0 Å². The molecule has 0 aromatic heterocycles. The van der Waals surface area contributed by atoms with Crippen LogP contribution in [0.3, 0.4) is 0 Å². The molecule has 0 aliphatic carbocycles. The zero-order valence-corrected chi connectivity index (χ0v) is 11.8. The first kappa shape index (κ1) is 12.6. The Morgan fingerprint density at radius 1 is 1.00 bits per heavy atom. The van der Waals surface area contributed by atoms with E-state index >= 15 is 0 Å². The van der Waals surface area contributed by atoms with Crippen LogP contribution >= 0.6 is 23.2 Å². The first-order valence-corrected chi connectivity index (χ1v) is 7.01. The van der Waals surface area contributed by atoms with Crippen molar-refractivity contribution in [2.24, 2.45) is 0 Å². The molecule has 2 N–H and O–H groups in total. The van der Waals surface area contributed by atoms with E-state index in [1.807, 2.05) is 18.2 Å². The maximum absolute atomic E-state index is 6.05. The Hall–Kier alpha value is -1.38. The van der Waals surface area contributed by atoms with Crippen LogP contribution in [0.5, 0.6) is 0 Å². The molecular weight excluding hydrogens is 279 g/mol. The van der Waals surface area contributed by atoms with E-state index in [1.165, 1.54) is 5.56 Å². The van der Waals surface area contributed by atoms with Gasteiger partial charge in [-0.1, -0.05) is 53.5 Å². The Kier molecular flexibility index (Phi) is 3.54. The van der Waals surface area contributed by atoms with Crippen LogP contribution in [0.1, 0.15) is 5.56 Å². The van der Waals surface area contributed by atoms with E-state index in [2.05, 4.69) is 34.9 Å². The molecule has 2 aromatic rings. The van der Waals surface area contributed by atoms with Crippen molar-refractivity contribution in [1.82, 2.24) is 0 Å². The highest BCUT2D eigenvalue weighted by Gasteiger charge is 2.18. The maximum atomic E-state index is 6.05. The van der Waals surface area contributed by atoms with Gasteiger partial charge in [0.1, 0.15) is 0 Å². The molecule has 2 nitrogen and oxygen atoms in total. The van der Waals surface area contributed by atoms with E-state index in [-0.39, 0.29) is 0 Å². The molecule has 1 aliphatic rings. The summed E-state index contributed by atoms with van der Waals surface area (Å²) in [4.78, 5) is 0. The predicted molar refractivity (Wildman–Crippen MR) is 82.5 cm³/mol. The van der Waals surface area contributed by atoms with Crippen LogP contribution in [0.25, 0.3) is 0 Å². The van der Waals surface area contributed by atoms with Gasteiger partial charge < -0.3 is 10.6 Å². The number of anilines is 2. The van der Waals surface area contributed by atoms with Gasteiger partial charge in [-0.25, -0.2) is 0 Å². The smallest absolute Gasteiger partial charge is 0.0614 e. The summed E-state index contributed by atoms with van der Waals surface area (Å²) in [6, 6.07) is 14.6. The largest absolute Gasteiger partial charge is 0.381 e. The first-order chi connectivity index (χ1) is 9.22. The van der Waals surface area contributed by atoms with Gasteiger partial charge in [-0.2, -0.15) is 0 Å². The topological polar surface area (TPSA) is 24.1 Å². The summed E-state index contributed by atoms with van der Waals surface area (Å²) in [6.07, 6.45) is 0.980. The Morgan fingerprint density at radius 3 is 2.42 bits per heavy atom. The SMILES string of the molecule is Clc1cc2c(cc1Cl)NC(Cc1ccccc1)CN2. The molecule has 1 heterocycles. The van der Waals surface area contributed by atoms with Gasteiger partial charge in [0.05, 0.1) is 21.4 Å². The second-order valence-electron chi connectivity index (χ2n) is 4.72. The lowest BCUT2D eigenvalue weighted by Crippen LogP contribution is -2.34. The third-order valence-corrected chi connectivity index (χ3v) is 4.01. The van der Waals surface area contributed by atoms with E-state index in [4.69, 9.17) is 23.2 Å². The van der Waals surface area contributed by atoms with E-state index in [1.54, 1.807) is 0 Å². The van der Waals surface area contributed by atoms with Gasteiger partial charge in [0.25, 0.3) is 0 Å². The highest BCUT2D eigenvalue weighted by molar-refractivity contribution is 6.42. The van der Waals surface area contributed by atoms with Crippen LogP contribution in [0.2, 0.25) is 10.0 Å². The molecule has 1 atom stereocenters. The minimum atomic E-state index is 0.354. The lowest BCUT2D eigenvalue weighted by molar-refractivity contribution is 0.734. The normalized spacial score (nSPS) is 17.3. The lowest BCUT2D eigenvalue weighted by Gasteiger charge is -2.29. The highest BCUT2D eigenvalue weighted by Crippen LogP contribution is 2.35. The Labute approximate surface area is 122 Å². The van der Waals surface area contributed by atoms with Crippen LogP contribution in [0.15, 0.2) is 42.5 Å². The summed E-state index contributed by atoms with van der Waals surface area (Å²) in [7, 11) is 0. The molecule has 0 bridgehead atoms. The van der Waals surface area contributed by atoms with Crippen molar-refractivity contribution in [2.75, 3.05) is 17.2 Å². The Balaban J connectivity index is 1.77. The number of benzene rings is 2. The number of hydrogen-bond acceptors (Lipinski definition) is 2. The lowest BCUT2D eigenvalue weighted by atomic mass is 10.0. The molecule has 98 valence electrons. The van der Waals surface area contributed by atoms with Crippen LogP contribution in [0.4, 0.5) is 11.4 Å². The quantitative estimate of drug-likeness (QED) is 0.855. The Bertz CT molecular complexity index is 584. The standard InChI is InChI=1S/C15H14Cl2N2/c16-12-7-14-15(8-13(12)17)19-11(9-18-14)6-10-4-2-1-3-5-10/h1-5,7-8,11,18-19H,6,9H2. The monoisotopic (exact) mass is 292 g/mol. The molecule has 0 saturated heterocycles. The van der Waals surface area contributed by atoms with E-state index in [0.717, 1.165) is 24.3 Å². The fourth-order valence-electron chi connectivity index (χ4n) is 2.34. The van der Waals surface area contributed by atoms with E-state index < -0.39 is 0 Å². The van der Waals surface area contributed by atoms with Crippen molar-refractivity contribution >= 4 is 34.6 Å². The summed E-state index contributed by atoms with van der Waals surface area (Å²) in [5.41, 5.74) is 3.35.